The molecule has 44 heavy (non-hydrogen) atoms. The van der Waals surface area contributed by atoms with Crippen LogP contribution in [0, 0.1) is 5.82 Å². The maximum absolute atomic E-state index is 13.6. The van der Waals surface area contributed by atoms with E-state index >= 15 is 0 Å². The van der Waals surface area contributed by atoms with Crippen molar-refractivity contribution < 1.29 is 49.5 Å². The van der Waals surface area contributed by atoms with Gasteiger partial charge in [0.1, 0.15) is 18.1 Å². The van der Waals surface area contributed by atoms with Gasteiger partial charge in [-0.05, 0) is 48.0 Å². The predicted octanol–water partition coefficient (Wildman–Crippen LogP) is 5.85. The number of hydrogen-bond acceptors (Lipinski definition) is 5. The minimum absolute atomic E-state index is 0.00130. The molecule has 0 atom stereocenters. The number of carbonyl (C=O) groups excluding carboxylic acids is 2. The molecule has 0 bridgehead atoms. The van der Waals surface area contributed by atoms with Crippen molar-refractivity contribution in [3.05, 3.63) is 89.1 Å². The van der Waals surface area contributed by atoms with Crippen LogP contribution in [-0.2, 0) is 35.0 Å². The van der Waals surface area contributed by atoms with Gasteiger partial charge in [0.25, 0.3) is 0 Å². The Labute approximate surface area is 248 Å². The van der Waals surface area contributed by atoms with E-state index in [2.05, 4.69) is 5.32 Å². The highest BCUT2D eigenvalue weighted by Gasteiger charge is 2.37. The number of rotatable bonds is 10. The molecule has 0 radical (unpaired) electrons. The fourth-order valence-electron chi connectivity index (χ4n) is 4.47. The van der Waals surface area contributed by atoms with Crippen LogP contribution in [0.1, 0.15) is 22.5 Å². The van der Waals surface area contributed by atoms with E-state index in [0.717, 1.165) is 4.90 Å². The van der Waals surface area contributed by atoms with Crippen molar-refractivity contribution in [1.29, 1.82) is 0 Å². The van der Waals surface area contributed by atoms with Crippen LogP contribution >= 0.6 is 0 Å². The molecule has 1 aliphatic rings. The van der Waals surface area contributed by atoms with Crippen molar-refractivity contribution in [3.8, 4) is 0 Å². The van der Waals surface area contributed by atoms with Crippen LogP contribution in [0.4, 0.5) is 41.2 Å². The van der Waals surface area contributed by atoms with Gasteiger partial charge in [-0.3, -0.25) is 9.69 Å². The van der Waals surface area contributed by atoms with E-state index in [-0.39, 0.29) is 32.2 Å². The lowest BCUT2D eigenvalue weighted by molar-refractivity contribution is -0.143. The first-order chi connectivity index (χ1) is 20.8. The molecule has 1 saturated heterocycles. The second-order valence-corrected chi connectivity index (χ2v) is 10.1. The van der Waals surface area contributed by atoms with Crippen molar-refractivity contribution in [2.24, 2.45) is 0 Å². The molecular weight excluding hydrogens is 601 g/mol. The number of alkyl halides is 6. The van der Waals surface area contributed by atoms with Gasteiger partial charge in [0.05, 0.1) is 37.1 Å². The van der Waals surface area contributed by atoms with Crippen LogP contribution in [0.25, 0.3) is 0 Å². The monoisotopic (exact) mass is 630 g/mol. The lowest BCUT2D eigenvalue weighted by Gasteiger charge is -2.31. The minimum Gasteiger partial charge on any atom is -0.467 e. The second kappa shape index (κ2) is 14.1. The fourth-order valence-corrected chi connectivity index (χ4v) is 4.47. The molecule has 0 unspecified atom stereocenters. The van der Waals surface area contributed by atoms with Crippen molar-refractivity contribution >= 4 is 17.6 Å². The summed E-state index contributed by atoms with van der Waals surface area (Å²) < 4.78 is 104. The average molecular weight is 631 g/mol. The van der Waals surface area contributed by atoms with Gasteiger partial charge in [0, 0.05) is 38.4 Å². The highest BCUT2D eigenvalue weighted by molar-refractivity contribution is 5.92. The molecule has 2 aromatic carbocycles. The molecule has 0 saturated carbocycles. The number of furan rings is 1. The van der Waals surface area contributed by atoms with Crippen molar-refractivity contribution in [3.63, 3.8) is 0 Å². The quantitative estimate of drug-likeness (QED) is 0.285. The van der Waals surface area contributed by atoms with Crippen molar-refractivity contribution in [2.45, 2.75) is 25.4 Å². The number of ether oxygens (including phenoxy) is 1. The normalized spacial score (nSPS) is 14.3. The average Bonchev–Trinajstić information content (AvgIpc) is 3.48. The molecule has 1 N–H and O–H groups in total. The van der Waals surface area contributed by atoms with E-state index in [4.69, 9.17) is 9.15 Å². The Bertz CT molecular complexity index is 1360. The molecule has 2 heterocycles. The first kappa shape index (κ1) is 32.8. The molecule has 1 fully saturated rings. The second-order valence-electron chi connectivity index (χ2n) is 10.1. The zero-order valence-corrected chi connectivity index (χ0v) is 23.3. The van der Waals surface area contributed by atoms with E-state index in [0.29, 0.717) is 49.8 Å². The Balaban J connectivity index is 1.58. The summed E-state index contributed by atoms with van der Waals surface area (Å²) in [5.41, 5.74) is -3.36. The van der Waals surface area contributed by atoms with Crippen LogP contribution in [0.15, 0.2) is 65.3 Å². The molecule has 3 amide bonds. The van der Waals surface area contributed by atoms with Crippen LogP contribution < -0.4 is 5.32 Å². The molecule has 0 aliphatic carbocycles. The molecule has 15 heteroatoms. The first-order valence-electron chi connectivity index (χ1n) is 13.5. The molecule has 1 aromatic heterocycles. The molecule has 238 valence electrons. The zero-order valence-electron chi connectivity index (χ0n) is 23.3. The van der Waals surface area contributed by atoms with Gasteiger partial charge in [0.15, 0.2) is 0 Å². The van der Waals surface area contributed by atoms with Crippen molar-refractivity contribution in [1.82, 2.24) is 14.7 Å². The number of morpholine rings is 1. The predicted molar refractivity (Wildman–Crippen MR) is 144 cm³/mol. The highest BCUT2D eigenvalue weighted by Crippen LogP contribution is 2.37. The Hall–Kier alpha value is -4.11. The molecule has 4 rings (SSSR count). The molecule has 3 aromatic rings. The maximum atomic E-state index is 13.6. The van der Waals surface area contributed by atoms with Gasteiger partial charge in [-0.1, -0.05) is 12.1 Å². The Morgan fingerprint density at radius 1 is 0.864 bits per heavy atom. The van der Waals surface area contributed by atoms with Crippen LogP contribution in [0.3, 0.4) is 0 Å². The van der Waals surface area contributed by atoms with Gasteiger partial charge in [0.2, 0.25) is 5.91 Å². The number of benzene rings is 2. The van der Waals surface area contributed by atoms with Crippen molar-refractivity contribution in [2.75, 3.05) is 51.3 Å². The summed E-state index contributed by atoms with van der Waals surface area (Å²) in [6, 6.07) is 8.31. The number of halogens is 7. The standard InChI is InChI=1S/C29H29F7N4O4/c30-23-5-3-20(4-6-23)17-40(18-25-2-1-11-44-25)26(41)19-39(8-7-38-9-12-43-13-10-38)27(42)37-24-15-21(28(31,32)33)14-22(16-24)29(34,35)36/h1-6,11,14-16H,7-10,12-13,17-19H2,(H,37,42). The summed E-state index contributed by atoms with van der Waals surface area (Å²) >= 11 is 0. The summed E-state index contributed by atoms with van der Waals surface area (Å²) in [7, 11) is 0. The van der Waals surface area contributed by atoms with E-state index in [1.54, 1.807) is 12.1 Å². The lowest BCUT2D eigenvalue weighted by Crippen LogP contribution is -2.48. The SMILES string of the molecule is O=C(CN(CCN1CCOCC1)C(=O)Nc1cc(C(F)(F)F)cc(C(F)(F)F)c1)N(Cc1ccc(F)cc1)Cc1ccco1. The molecule has 1 aliphatic heterocycles. The largest absolute Gasteiger partial charge is 0.467 e. The van der Waals surface area contributed by atoms with Gasteiger partial charge in [-0.25, -0.2) is 9.18 Å². The number of amides is 3. The summed E-state index contributed by atoms with van der Waals surface area (Å²) in [5, 5.41) is 2.11. The minimum atomic E-state index is -5.11. The summed E-state index contributed by atoms with van der Waals surface area (Å²) in [6.45, 7) is 1.52. The summed E-state index contributed by atoms with van der Waals surface area (Å²) in [6.07, 6.45) is -8.82. The maximum Gasteiger partial charge on any atom is 0.416 e. The number of carbonyl (C=O) groups is 2. The van der Waals surface area contributed by atoms with E-state index in [1.807, 2.05) is 4.90 Å². The molecular formula is C29H29F7N4O4. The van der Waals surface area contributed by atoms with Crippen LogP contribution in [0.5, 0.6) is 0 Å². The third-order valence-corrected chi connectivity index (χ3v) is 6.81. The number of hydrogen-bond donors (Lipinski definition) is 1. The third-order valence-electron chi connectivity index (χ3n) is 6.81. The van der Waals surface area contributed by atoms with Gasteiger partial charge in [-0.2, -0.15) is 26.3 Å². The van der Waals surface area contributed by atoms with E-state index in [9.17, 15) is 40.3 Å². The van der Waals surface area contributed by atoms with Gasteiger partial charge < -0.3 is 24.3 Å². The summed E-state index contributed by atoms with van der Waals surface area (Å²) in [5.74, 6) is -0.664. The number of nitrogens with one attached hydrogen (secondary N) is 1. The molecule has 0 spiro atoms. The van der Waals surface area contributed by atoms with Crippen LogP contribution in [0.2, 0.25) is 0 Å². The van der Waals surface area contributed by atoms with Gasteiger partial charge in [-0.15, -0.1) is 0 Å². The number of anilines is 1. The highest BCUT2D eigenvalue weighted by atomic mass is 19.4. The number of nitrogens with zero attached hydrogens (tertiary/aromatic N) is 3. The fraction of sp³-hybridized carbons (Fsp3) is 0.379. The Morgan fingerprint density at radius 3 is 2.07 bits per heavy atom. The van der Waals surface area contributed by atoms with Gasteiger partial charge >= 0.3 is 18.4 Å². The topological polar surface area (TPSA) is 78.3 Å². The van der Waals surface area contributed by atoms with E-state index < -0.39 is 53.5 Å². The first-order valence-corrected chi connectivity index (χ1v) is 13.5. The lowest BCUT2D eigenvalue weighted by atomic mass is 10.1. The Morgan fingerprint density at radius 2 is 1.50 bits per heavy atom. The smallest absolute Gasteiger partial charge is 0.416 e. The Kier molecular flexibility index (Phi) is 10.5. The summed E-state index contributed by atoms with van der Waals surface area (Å²) in [4.78, 5) is 31.2. The number of urea groups is 1. The zero-order chi connectivity index (χ0) is 31.9. The third kappa shape index (κ3) is 9.44. The van der Waals surface area contributed by atoms with E-state index in [1.165, 1.54) is 35.4 Å². The van der Waals surface area contributed by atoms with Crippen LogP contribution in [-0.4, -0.2) is 72.6 Å². The molecule has 8 nitrogen and oxygen atoms in total.